The molecule has 0 atom stereocenters. The van der Waals surface area contributed by atoms with Crippen LogP contribution in [0.2, 0.25) is 5.02 Å². The van der Waals surface area contributed by atoms with E-state index in [4.69, 9.17) is 11.6 Å². The number of nitrogens with one attached hydrogen (secondary N) is 3. The van der Waals surface area contributed by atoms with Gasteiger partial charge in [-0.25, -0.2) is 4.79 Å². The van der Waals surface area contributed by atoms with E-state index >= 15 is 0 Å². The summed E-state index contributed by atoms with van der Waals surface area (Å²) >= 11 is 5.86. The summed E-state index contributed by atoms with van der Waals surface area (Å²) in [7, 11) is 1.50. The standard InChI is InChI=1S/C14H16ClN5O2/c1-3-20-8-11(12(19-20)13(21)16-2)18-14(22)17-10-6-4-5-9(15)7-10/h4-8H,3H2,1-2H3,(H,16,21)(H2,17,18,22). The quantitative estimate of drug-likeness (QED) is 0.808. The number of halogens is 1. The van der Waals surface area contributed by atoms with Gasteiger partial charge in [-0.2, -0.15) is 5.10 Å². The second-order valence-electron chi connectivity index (χ2n) is 4.42. The summed E-state index contributed by atoms with van der Waals surface area (Å²) in [5.74, 6) is -0.370. The molecule has 3 amide bonds. The number of rotatable bonds is 4. The Morgan fingerprint density at radius 1 is 1.32 bits per heavy atom. The molecule has 2 aromatic rings. The van der Waals surface area contributed by atoms with Crippen molar-refractivity contribution in [3.63, 3.8) is 0 Å². The predicted octanol–water partition coefficient (Wildman–Crippen LogP) is 2.56. The minimum Gasteiger partial charge on any atom is -0.354 e. The van der Waals surface area contributed by atoms with Crippen molar-refractivity contribution in [2.24, 2.45) is 0 Å². The molecule has 7 nitrogen and oxygen atoms in total. The summed E-state index contributed by atoms with van der Waals surface area (Å²) in [5.41, 5.74) is 1.04. The number of hydrogen-bond acceptors (Lipinski definition) is 3. The van der Waals surface area contributed by atoms with Crippen LogP contribution >= 0.6 is 11.6 Å². The number of aryl methyl sites for hydroxylation is 1. The average Bonchev–Trinajstić information content (AvgIpc) is 2.89. The van der Waals surface area contributed by atoms with E-state index in [0.29, 0.717) is 22.9 Å². The van der Waals surface area contributed by atoms with Crippen LogP contribution in [0.5, 0.6) is 0 Å². The number of urea groups is 1. The Morgan fingerprint density at radius 3 is 2.73 bits per heavy atom. The highest BCUT2D eigenvalue weighted by molar-refractivity contribution is 6.30. The molecule has 22 heavy (non-hydrogen) atoms. The maximum atomic E-state index is 12.0. The fourth-order valence-corrected chi connectivity index (χ4v) is 2.00. The first-order valence-corrected chi connectivity index (χ1v) is 7.04. The number of benzene rings is 1. The first kappa shape index (κ1) is 15.8. The van der Waals surface area contributed by atoms with E-state index in [2.05, 4.69) is 21.0 Å². The number of amides is 3. The van der Waals surface area contributed by atoms with E-state index in [1.165, 1.54) is 7.05 Å². The van der Waals surface area contributed by atoms with Gasteiger partial charge in [0.15, 0.2) is 5.69 Å². The maximum Gasteiger partial charge on any atom is 0.323 e. The third kappa shape index (κ3) is 3.76. The number of anilines is 2. The lowest BCUT2D eigenvalue weighted by molar-refractivity contribution is 0.0958. The molecule has 0 spiro atoms. The SMILES string of the molecule is CCn1cc(NC(=O)Nc2cccc(Cl)c2)c(C(=O)NC)n1. The molecule has 0 saturated heterocycles. The summed E-state index contributed by atoms with van der Waals surface area (Å²) in [4.78, 5) is 23.8. The lowest BCUT2D eigenvalue weighted by Crippen LogP contribution is -2.23. The van der Waals surface area contributed by atoms with Crippen molar-refractivity contribution in [1.82, 2.24) is 15.1 Å². The minimum atomic E-state index is -0.483. The highest BCUT2D eigenvalue weighted by Crippen LogP contribution is 2.17. The summed E-state index contributed by atoms with van der Waals surface area (Å²) < 4.78 is 1.57. The van der Waals surface area contributed by atoms with E-state index in [0.717, 1.165) is 0 Å². The highest BCUT2D eigenvalue weighted by atomic mass is 35.5. The molecule has 1 heterocycles. The van der Waals surface area contributed by atoms with Crippen LogP contribution in [0.4, 0.5) is 16.2 Å². The molecule has 0 unspecified atom stereocenters. The first-order chi connectivity index (χ1) is 10.5. The Morgan fingerprint density at radius 2 is 2.09 bits per heavy atom. The Hall–Kier alpha value is -2.54. The van der Waals surface area contributed by atoms with Crippen molar-refractivity contribution >= 4 is 34.9 Å². The molecule has 0 saturated carbocycles. The van der Waals surface area contributed by atoms with E-state index in [9.17, 15) is 9.59 Å². The van der Waals surface area contributed by atoms with Crippen LogP contribution in [-0.4, -0.2) is 28.8 Å². The Balaban J connectivity index is 2.14. The molecule has 0 aliphatic heterocycles. The lowest BCUT2D eigenvalue weighted by Gasteiger charge is -2.07. The summed E-state index contributed by atoms with van der Waals surface area (Å²) in [6.45, 7) is 2.47. The molecule has 0 radical (unpaired) electrons. The summed E-state index contributed by atoms with van der Waals surface area (Å²) in [6.07, 6.45) is 1.60. The second kappa shape index (κ2) is 6.95. The van der Waals surface area contributed by atoms with Crippen LogP contribution in [-0.2, 0) is 6.54 Å². The van der Waals surface area contributed by atoms with Gasteiger partial charge in [-0.3, -0.25) is 9.48 Å². The first-order valence-electron chi connectivity index (χ1n) is 6.66. The van der Waals surface area contributed by atoms with Crippen molar-refractivity contribution in [3.05, 3.63) is 41.2 Å². The van der Waals surface area contributed by atoms with Crippen LogP contribution in [0.3, 0.4) is 0 Å². The molecular formula is C14H16ClN5O2. The van der Waals surface area contributed by atoms with Gasteiger partial charge in [0.25, 0.3) is 5.91 Å². The Labute approximate surface area is 132 Å². The van der Waals surface area contributed by atoms with E-state index in [1.807, 2.05) is 6.92 Å². The van der Waals surface area contributed by atoms with Gasteiger partial charge in [-0.1, -0.05) is 17.7 Å². The van der Waals surface area contributed by atoms with Gasteiger partial charge < -0.3 is 16.0 Å². The number of carbonyl (C=O) groups is 2. The average molecular weight is 322 g/mol. The zero-order valence-corrected chi connectivity index (χ0v) is 12.9. The van der Waals surface area contributed by atoms with Crippen LogP contribution in [0.15, 0.2) is 30.5 Å². The predicted molar refractivity (Wildman–Crippen MR) is 85.4 cm³/mol. The van der Waals surface area contributed by atoms with Crippen molar-refractivity contribution in [2.45, 2.75) is 13.5 Å². The number of hydrogen-bond donors (Lipinski definition) is 3. The fourth-order valence-electron chi connectivity index (χ4n) is 1.81. The number of aromatic nitrogens is 2. The van der Waals surface area contributed by atoms with Crippen molar-refractivity contribution in [1.29, 1.82) is 0 Å². The van der Waals surface area contributed by atoms with Crippen molar-refractivity contribution < 1.29 is 9.59 Å². The molecule has 2 rings (SSSR count). The Bertz CT molecular complexity index is 698. The monoisotopic (exact) mass is 321 g/mol. The van der Waals surface area contributed by atoms with E-state index in [-0.39, 0.29) is 11.6 Å². The Kier molecular flexibility index (Phi) is 5.00. The molecular weight excluding hydrogens is 306 g/mol. The minimum absolute atomic E-state index is 0.158. The maximum absolute atomic E-state index is 12.0. The lowest BCUT2D eigenvalue weighted by atomic mass is 10.3. The molecule has 1 aromatic carbocycles. The molecule has 0 bridgehead atoms. The zero-order chi connectivity index (χ0) is 16.1. The third-order valence-corrected chi connectivity index (χ3v) is 3.09. The van der Waals surface area contributed by atoms with Crippen LogP contribution in [0, 0.1) is 0 Å². The van der Waals surface area contributed by atoms with Crippen LogP contribution in [0.1, 0.15) is 17.4 Å². The van der Waals surface area contributed by atoms with Gasteiger partial charge in [0.1, 0.15) is 0 Å². The van der Waals surface area contributed by atoms with Gasteiger partial charge in [0.2, 0.25) is 0 Å². The van der Waals surface area contributed by atoms with Crippen molar-refractivity contribution in [3.8, 4) is 0 Å². The summed E-state index contributed by atoms with van der Waals surface area (Å²) in [6, 6.07) is 6.28. The smallest absolute Gasteiger partial charge is 0.323 e. The molecule has 0 fully saturated rings. The molecule has 1 aromatic heterocycles. The van der Waals surface area contributed by atoms with Crippen LogP contribution in [0.25, 0.3) is 0 Å². The van der Waals surface area contributed by atoms with Gasteiger partial charge >= 0.3 is 6.03 Å². The van der Waals surface area contributed by atoms with E-state index in [1.54, 1.807) is 35.1 Å². The van der Waals surface area contributed by atoms with Gasteiger partial charge in [0.05, 0.1) is 5.69 Å². The number of carbonyl (C=O) groups excluding carboxylic acids is 2. The largest absolute Gasteiger partial charge is 0.354 e. The third-order valence-electron chi connectivity index (χ3n) is 2.86. The van der Waals surface area contributed by atoms with Gasteiger partial charge in [-0.05, 0) is 25.1 Å². The fraction of sp³-hybridized carbons (Fsp3) is 0.214. The second-order valence-corrected chi connectivity index (χ2v) is 4.85. The topological polar surface area (TPSA) is 88.0 Å². The van der Waals surface area contributed by atoms with Gasteiger partial charge in [-0.15, -0.1) is 0 Å². The zero-order valence-electron chi connectivity index (χ0n) is 12.2. The summed E-state index contributed by atoms with van der Waals surface area (Å²) in [5, 5.41) is 12.4. The van der Waals surface area contributed by atoms with Gasteiger partial charge in [0, 0.05) is 30.5 Å². The highest BCUT2D eigenvalue weighted by Gasteiger charge is 2.17. The van der Waals surface area contributed by atoms with E-state index < -0.39 is 6.03 Å². The molecule has 0 aliphatic rings. The molecule has 8 heteroatoms. The number of nitrogens with zero attached hydrogens (tertiary/aromatic N) is 2. The normalized spacial score (nSPS) is 10.1. The van der Waals surface area contributed by atoms with Crippen molar-refractivity contribution in [2.75, 3.05) is 17.7 Å². The van der Waals surface area contributed by atoms with Crippen LogP contribution < -0.4 is 16.0 Å². The molecule has 0 aliphatic carbocycles. The molecule has 116 valence electrons. The molecule has 3 N–H and O–H groups in total.